The number of nitrogens with zero attached hydrogens (tertiary/aromatic N) is 2. The van der Waals surface area contributed by atoms with Gasteiger partial charge in [-0.15, -0.1) is 22.9 Å². The number of alkyl halides is 1. The topological polar surface area (TPSA) is 17.8 Å². The zero-order chi connectivity index (χ0) is 14.3. The van der Waals surface area contributed by atoms with Gasteiger partial charge in [-0.2, -0.15) is 0 Å². The van der Waals surface area contributed by atoms with Gasteiger partial charge >= 0.3 is 0 Å². The van der Waals surface area contributed by atoms with E-state index in [1.54, 1.807) is 11.3 Å². The highest BCUT2D eigenvalue weighted by Gasteiger charge is 2.15. The highest BCUT2D eigenvalue weighted by atomic mass is 79.9. The van der Waals surface area contributed by atoms with Gasteiger partial charge in [-0.1, -0.05) is 6.07 Å². The fourth-order valence-electron chi connectivity index (χ4n) is 2.31. The number of thiophene rings is 1. The Morgan fingerprint density at radius 3 is 2.80 bits per heavy atom. The summed E-state index contributed by atoms with van der Waals surface area (Å²) in [6.45, 7) is 4.88. The number of aromatic nitrogens is 2. The van der Waals surface area contributed by atoms with Crippen molar-refractivity contribution in [3.8, 4) is 0 Å². The van der Waals surface area contributed by atoms with Crippen molar-refractivity contribution in [2.24, 2.45) is 0 Å². The van der Waals surface area contributed by atoms with E-state index < -0.39 is 0 Å². The Morgan fingerprint density at radius 2 is 2.15 bits per heavy atom. The highest BCUT2D eigenvalue weighted by Crippen LogP contribution is 2.29. The van der Waals surface area contributed by atoms with Crippen LogP contribution in [0.25, 0.3) is 11.0 Å². The molecule has 1 unspecified atom stereocenters. The molecular formula is C15H14BrClN2S. The molecule has 0 amide bonds. The third-order valence-corrected chi connectivity index (χ3v) is 5.04. The van der Waals surface area contributed by atoms with E-state index in [-0.39, 0.29) is 5.38 Å². The van der Waals surface area contributed by atoms with E-state index in [0.29, 0.717) is 0 Å². The highest BCUT2D eigenvalue weighted by molar-refractivity contribution is 9.11. The Morgan fingerprint density at radius 1 is 1.35 bits per heavy atom. The lowest BCUT2D eigenvalue weighted by Gasteiger charge is -2.09. The van der Waals surface area contributed by atoms with E-state index in [9.17, 15) is 0 Å². The molecule has 0 bridgehead atoms. The molecular weight excluding hydrogens is 356 g/mol. The van der Waals surface area contributed by atoms with Crippen LogP contribution in [0.1, 0.15) is 28.6 Å². The molecule has 104 valence electrons. The molecule has 0 spiro atoms. The summed E-state index contributed by atoms with van der Waals surface area (Å²) in [6, 6.07) is 10.5. The lowest BCUT2D eigenvalue weighted by atomic mass is 10.2. The molecule has 0 saturated heterocycles. The van der Waals surface area contributed by atoms with Gasteiger partial charge in [0.05, 0.1) is 26.7 Å². The van der Waals surface area contributed by atoms with Crippen LogP contribution < -0.4 is 0 Å². The number of fused-ring (bicyclic) bond motifs is 1. The maximum atomic E-state index is 6.30. The number of benzene rings is 1. The molecule has 3 aromatic rings. The Bertz CT molecular complexity index is 760. The third-order valence-electron chi connectivity index (χ3n) is 3.23. The van der Waals surface area contributed by atoms with Gasteiger partial charge in [0.1, 0.15) is 5.82 Å². The molecule has 0 aliphatic heterocycles. The van der Waals surface area contributed by atoms with E-state index in [1.165, 1.54) is 10.4 Å². The van der Waals surface area contributed by atoms with Gasteiger partial charge in [0.2, 0.25) is 0 Å². The van der Waals surface area contributed by atoms with Crippen molar-refractivity contribution >= 4 is 49.9 Å². The van der Waals surface area contributed by atoms with Gasteiger partial charge in [-0.3, -0.25) is 0 Å². The summed E-state index contributed by atoms with van der Waals surface area (Å²) < 4.78 is 3.37. The summed E-state index contributed by atoms with van der Waals surface area (Å²) in [6.07, 6.45) is 0. The van der Waals surface area contributed by atoms with Crippen molar-refractivity contribution in [2.45, 2.75) is 25.8 Å². The molecule has 1 atom stereocenters. The molecule has 1 aromatic carbocycles. The van der Waals surface area contributed by atoms with Gasteiger partial charge in [-0.05, 0) is 59.6 Å². The Labute approximate surface area is 135 Å². The van der Waals surface area contributed by atoms with Crippen molar-refractivity contribution in [2.75, 3.05) is 0 Å². The van der Waals surface area contributed by atoms with Crippen LogP contribution in [-0.4, -0.2) is 9.55 Å². The molecule has 0 fully saturated rings. The summed E-state index contributed by atoms with van der Waals surface area (Å²) in [4.78, 5) is 5.97. The molecule has 2 heterocycles. The monoisotopic (exact) mass is 368 g/mol. The van der Waals surface area contributed by atoms with Crippen LogP contribution in [0.15, 0.2) is 34.1 Å². The second-order valence-electron chi connectivity index (χ2n) is 4.87. The van der Waals surface area contributed by atoms with Crippen LogP contribution in [0, 0.1) is 6.92 Å². The SMILES string of the molecule is Cc1ccc2nc(C(C)Cl)n(Cc3ccc(Br)s3)c2c1. The molecule has 0 aliphatic rings. The molecule has 20 heavy (non-hydrogen) atoms. The fraction of sp³-hybridized carbons (Fsp3) is 0.267. The van der Waals surface area contributed by atoms with E-state index in [2.05, 4.69) is 62.7 Å². The number of aryl methyl sites for hydroxylation is 1. The smallest absolute Gasteiger partial charge is 0.128 e. The van der Waals surface area contributed by atoms with E-state index in [1.807, 2.05) is 6.92 Å². The predicted molar refractivity (Wildman–Crippen MR) is 89.9 cm³/mol. The maximum absolute atomic E-state index is 6.30. The summed E-state index contributed by atoms with van der Waals surface area (Å²) >= 11 is 11.6. The van der Waals surface area contributed by atoms with Crippen LogP contribution in [-0.2, 0) is 6.54 Å². The fourth-order valence-corrected chi connectivity index (χ4v) is 3.95. The average Bonchev–Trinajstić information content (AvgIpc) is 2.95. The lowest BCUT2D eigenvalue weighted by Crippen LogP contribution is -2.04. The Balaban J connectivity index is 2.15. The molecule has 5 heteroatoms. The molecule has 2 aromatic heterocycles. The van der Waals surface area contributed by atoms with Crippen LogP contribution in [0.2, 0.25) is 0 Å². The zero-order valence-electron chi connectivity index (χ0n) is 11.2. The van der Waals surface area contributed by atoms with Gasteiger partial charge in [0, 0.05) is 4.88 Å². The number of hydrogen-bond acceptors (Lipinski definition) is 2. The zero-order valence-corrected chi connectivity index (χ0v) is 14.4. The largest absolute Gasteiger partial charge is 0.321 e. The first kappa shape index (κ1) is 14.1. The molecule has 0 N–H and O–H groups in total. The van der Waals surface area contributed by atoms with Gasteiger partial charge in [-0.25, -0.2) is 4.98 Å². The standard InChI is InChI=1S/C15H14BrClN2S/c1-9-3-5-12-13(7-9)19(15(18-12)10(2)17)8-11-4-6-14(16)20-11/h3-7,10H,8H2,1-2H3. The molecule has 0 saturated carbocycles. The minimum absolute atomic E-state index is 0.105. The molecule has 0 aliphatic carbocycles. The minimum atomic E-state index is -0.105. The maximum Gasteiger partial charge on any atom is 0.128 e. The van der Waals surface area contributed by atoms with Crippen LogP contribution in [0.4, 0.5) is 0 Å². The number of imidazole rings is 1. The van der Waals surface area contributed by atoms with Gasteiger partial charge < -0.3 is 4.57 Å². The Kier molecular flexibility index (Phi) is 3.89. The summed E-state index contributed by atoms with van der Waals surface area (Å²) in [5.74, 6) is 0.928. The molecule has 0 radical (unpaired) electrons. The van der Waals surface area contributed by atoms with Crippen LogP contribution in [0.3, 0.4) is 0 Å². The number of halogens is 2. The average molecular weight is 370 g/mol. The number of hydrogen-bond donors (Lipinski definition) is 0. The van der Waals surface area contributed by atoms with Crippen molar-refractivity contribution < 1.29 is 0 Å². The summed E-state index contributed by atoms with van der Waals surface area (Å²) in [5.41, 5.74) is 3.39. The van der Waals surface area contributed by atoms with Gasteiger partial charge in [0.25, 0.3) is 0 Å². The number of rotatable bonds is 3. The van der Waals surface area contributed by atoms with Crippen molar-refractivity contribution in [3.63, 3.8) is 0 Å². The summed E-state index contributed by atoms with van der Waals surface area (Å²) in [7, 11) is 0. The van der Waals surface area contributed by atoms with Gasteiger partial charge in [0.15, 0.2) is 0 Å². The Hall–Kier alpha value is -0.840. The van der Waals surface area contributed by atoms with Crippen LogP contribution in [0.5, 0.6) is 0 Å². The van der Waals surface area contributed by atoms with Crippen LogP contribution >= 0.6 is 38.9 Å². The van der Waals surface area contributed by atoms with Crippen molar-refractivity contribution in [1.82, 2.24) is 9.55 Å². The molecule has 3 rings (SSSR count). The van der Waals surface area contributed by atoms with E-state index >= 15 is 0 Å². The third kappa shape index (κ3) is 2.65. The first-order chi connectivity index (χ1) is 9.54. The summed E-state index contributed by atoms with van der Waals surface area (Å²) in [5, 5.41) is -0.105. The van der Waals surface area contributed by atoms with Crippen molar-refractivity contribution in [1.29, 1.82) is 0 Å². The normalized spacial score (nSPS) is 13.0. The van der Waals surface area contributed by atoms with Crippen molar-refractivity contribution in [3.05, 3.63) is 50.4 Å². The quantitative estimate of drug-likeness (QED) is 0.556. The lowest BCUT2D eigenvalue weighted by molar-refractivity contribution is 0.750. The van der Waals surface area contributed by atoms with E-state index in [0.717, 1.165) is 27.2 Å². The second kappa shape index (κ2) is 5.51. The predicted octanol–water partition coefficient (Wildman–Crippen LogP) is 5.52. The minimum Gasteiger partial charge on any atom is -0.321 e. The molecule has 2 nitrogen and oxygen atoms in total. The van der Waals surface area contributed by atoms with E-state index in [4.69, 9.17) is 11.6 Å². The first-order valence-electron chi connectivity index (χ1n) is 6.39. The second-order valence-corrected chi connectivity index (χ2v) is 8.07. The first-order valence-corrected chi connectivity index (χ1v) is 8.44.